The monoisotopic (exact) mass is 193 g/mol. The van der Waals surface area contributed by atoms with Crippen molar-refractivity contribution in [3.05, 3.63) is 0 Å². The zero-order valence-electron chi connectivity index (χ0n) is 8.15. The summed E-state index contributed by atoms with van der Waals surface area (Å²) >= 11 is 0. The third-order valence-electron chi connectivity index (χ3n) is 2.97. The van der Waals surface area contributed by atoms with Crippen molar-refractivity contribution >= 4 is 0 Å². The molecule has 2 N–H and O–H groups in total. The first-order valence-electron chi connectivity index (χ1n) is 4.60. The van der Waals surface area contributed by atoms with Gasteiger partial charge in [0.1, 0.15) is 0 Å². The van der Waals surface area contributed by atoms with Gasteiger partial charge >= 0.3 is 0 Å². The normalized spacial score (nSPS) is 26.5. The summed E-state index contributed by atoms with van der Waals surface area (Å²) in [4.78, 5) is 0. The van der Waals surface area contributed by atoms with Crippen LogP contribution in [0.25, 0.3) is 0 Å². The van der Waals surface area contributed by atoms with Crippen LogP contribution in [-0.4, -0.2) is 25.7 Å². The number of halogens is 2. The van der Waals surface area contributed by atoms with Crippen LogP contribution in [0.5, 0.6) is 0 Å². The van der Waals surface area contributed by atoms with E-state index in [9.17, 15) is 8.78 Å². The summed E-state index contributed by atoms with van der Waals surface area (Å²) < 4.78 is 30.7. The zero-order chi connectivity index (χ0) is 10.1. The van der Waals surface area contributed by atoms with E-state index in [0.29, 0.717) is 0 Å². The molecule has 0 saturated heterocycles. The average Bonchev–Trinajstić information content (AvgIpc) is 2.02. The van der Waals surface area contributed by atoms with Crippen LogP contribution in [0.15, 0.2) is 0 Å². The second-order valence-electron chi connectivity index (χ2n) is 3.91. The first-order valence-corrected chi connectivity index (χ1v) is 4.60. The van der Waals surface area contributed by atoms with E-state index in [2.05, 4.69) is 0 Å². The van der Waals surface area contributed by atoms with E-state index in [-0.39, 0.29) is 25.5 Å². The van der Waals surface area contributed by atoms with Crippen molar-refractivity contribution in [1.82, 2.24) is 0 Å². The summed E-state index contributed by atoms with van der Waals surface area (Å²) in [5.74, 6) is -2.52. The van der Waals surface area contributed by atoms with E-state index in [1.54, 1.807) is 7.11 Å². The molecule has 1 unspecified atom stereocenters. The van der Waals surface area contributed by atoms with E-state index < -0.39 is 11.3 Å². The molecule has 0 radical (unpaired) electrons. The maximum Gasteiger partial charge on any atom is 0.249 e. The molecular weight excluding hydrogens is 176 g/mol. The number of nitrogens with two attached hydrogens (primary N) is 1. The van der Waals surface area contributed by atoms with E-state index in [1.165, 1.54) is 0 Å². The summed E-state index contributed by atoms with van der Waals surface area (Å²) in [5, 5.41) is 0. The molecule has 0 aromatic carbocycles. The first-order chi connectivity index (χ1) is 5.99. The molecule has 1 aliphatic carbocycles. The lowest BCUT2D eigenvalue weighted by atomic mass is 9.62. The smallest absolute Gasteiger partial charge is 0.249 e. The third kappa shape index (κ3) is 1.83. The third-order valence-corrected chi connectivity index (χ3v) is 2.97. The minimum atomic E-state index is -2.52. The van der Waals surface area contributed by atoms with Gasteiger partial charge in [-0.25, -0.2) is 8.78 Å². The quantitative estimate of drug-likeness (QED) is 0.738. The number of rotatable bonds is 4. The van der Waals surface area contributed by atoms with Gasteiger partial charge in [0, 0.05) is 31.9 Å². The fourth-order valence-corrected chi connectivity index (χ4v) is 2.33. The number of ether oxygens (including phenoxy) is 1. The van der Waals surface area contributed by atoms with Crippen LogP contribution in [-0.2, 0) is 4.74 Å². The summed E-state index contributed by atoms with van der Waals surface area (Å²) in [6.07, 6.45) is 0.368. The van der Waals surface area contributed by atoms with Crippen LogP contribution in [0, 0.1) is 5.41 Å². The number of hydrogen-bond acceptors (Lipinski definition) is 2. The molecule has 1 aliphatic rings. The number of hydrogen-bond donors (Lipinski definition) is 1. The van der Waals surface area contributed by atoms with Crippen molar-refractivity contribution < 1.29 is 13.5 Å². The second kappa shape index (κ2) is 3.50. The van der Waals surface area contributed by atoms with Crippen LogP contribution in [0.1, 0.15) is 26.2 Å². The van der Waals surface area contributed by atoms with Crippen LogP contribution in [0.3, 0.4) is 0 Å². The largest absolute Gasteiger partial charge is 0.381 e. The molecule has 1 fully saturated rings. The highest BCUT2D eigenvalue weighted by Crippen LogP contribution is 2.54. The molecule has 0 aliphatic heterocycles. The summed E-state index contributed by atoms with van der Waals surface area (Å²) in [6.45, 7) is 2.22. The van der Waals surface area contributed by atoms with E-state index in [0.717, 1.165) is 6.42 Å². The molecule has 1 rings (SSSR count). The van der Waals surface area contributed by atoms with Gasteiger partial charge in [0.15, 0.2) is 0 Å². The molecule has 0 aromatic heterocycles. The van der Waals surface area contributed by atoms with Gasteiger partial charge < -0.3 is 10.5 Å². The fourth-order valence-electron chi connectivity index (χ4n) is 2.33. The van der Waals surface area contributed by atoms with Gasteiger partial charge in [0.25, 0.3) is 0 Å². The Kier molecular flexibility index (Phi) is 2.92. The molecule has 0 amide bonds. The van der Waals surface area contributed by atoms with Gasteiger partial charge in [-0.05, 0) is 6.42 Å². The standard InChI is InChI=1S/C9H17F2NO/c1-3-7(13-2)8(6-12)4-9(10,11)5-8/h7H,3-6,12H2,1-2H3. The van der Waals surface area contributed by atoms with Gasteiger partial charge in [-0.2, -0.15) is 0 Å². The second-order valence-corrected chi connectivity index (χ2v) is 3.91. The molecular formula is C9H17F2NO. The highest BCUT2D eigenvalue weighted by molar-refractivity contribution is 5.03. The number of alkyl halides is 2. The zero-order valence-corrected chi connectivity index (χ0v) is 8.15. The van der Waals surface area contributed by atoms with Crippen molar-refractivity contribution in [3.8, 4) is 0 Å². The van der Waals surface area contributed by atoms with E-state index >= 15 is 0 Å². The van der Waals surface area contributed by atoms with Crippen LogP contribution in [0.2, 0.25) is 0 Å². The highest BCUT2D eigenvalue weighted by atomic mass is 19.3. The SMILES string of the molecule is CCC(OC)C1(CN)CC(F)(F)C1. The maximum absolute atomic E-state index is 12.7. The van der Waals surface area contributed by atoms with Crippen molar-refractivity contribution in [2.75, 3.05) is 13.7 Å². The lowest BCUT2D eigenvalue weighted by Crippen LogP contribution is -2.57. The molecule has 2 nitrogen and oxygen atoms in total. The minimum Gasteiger partial charge on any atom is -0.381 e. The lowest BCUT2D eigenvalue weighted by Gasteiger charge is -2.50. The Morgan fingerprint density at radius 3 is 2.23 bits per heavy atom. The summed E-state index contributed by atoms with van der Waals surface area (Å²) in [5.41, 5.74) is 5.05. The van der Waals surface area contributed by atoms with Gasteiger partial charge in [-0.3, -0.25) is 0 Å². The van der Waals surface area contributed by atoms with Crippen molar-refractivity contribution in [3.63, 3.8) is 0 Å². The highest BCUT2D eigenvalue weighted by Gasteiger charge is 2.59. The Balaban J connectivity index is 2.63. The predicted octanol–water partition coefficient (Wildman–Crippen LogP) is 1.79. The Labute approximate surface area is 77.4 Å². The van der Waals surface area contributed by atoms with Gasteiger partial charge in [-0.15, -0.1) is 0 Å². The molecule has 0 heterocycles. The summed E-state index contributed by atoms with van der Waals surface area (Å²) in [6, 6.07) is 0. The molecule has 0 spiro atoms. The van der Waals surface area contributed by atoms with Gasteiger partial charge in [0.2, 0.25) is 5.92 Å². The van der Waals surface area contributed by atoms with Crippen LogP contribution in [0.4, 0.5) is 8.78 Å². The van der Waals surface area contributed by atoms with Crippen molar-refractivity contribution in [2.24, 2.45) is 11.1 Å². The molecule has 0 aromatic rings. The summed E-state index contributed by atoms with van der Waals surface area (Å²) in [7, 11) is 1.56. The van der Waals surface area contributed by atoms with E-state index in [4.69, 9.17) is 10.5 Å². The first kappa shape index (κ1) is 10.9. The molecule has 4 heteroatoms. The molecule has 1 atom stereocenters. The number of methoxy groups -OCH3 is 1. The van der Waals surface area contributed by atoms with Crippen LogP contribution < -0.4 is 5.73 Å². The van der Waals surface area contributed by atoms with Crippen molar-refractivity contribution in [1.29, 1.82) is 0 Å². The Morgan fingerprint density at radius 2 is 2.00 bits per heavy atom. The maximum atomic E-state index is 12.7. The van der Waals surface area contributed by atoms with Crippen LogP contribution >= 0.6 is 0 Å². The van der Waals surface area contributed by atoms with Gasteiger partial charge in [0.05, 0.1) is 6.10 Å². The molecule has 78 valence electrons. The average molecular weight is 193 g/mol. The topological polar surface area (TPSA) is 35.2 Å². The Morgan fingerprint density at radius 1 is 1.46 bits per heavy atom. The minimum absolute atomic E-state index is 0.122. The van der Waals surface area contributed by atoms with Gasteiger partial charge in [-0.1, -0.05) is 6.92 Å². The fraction of sp³-hybridized carbons (Fsp3) is 1.00. The molecule has 0 bridgehead atoms. The Hall–Kier alpha value is -0.220. The molecule has 1 saturated carbocycles. The Bertz CT molecular complexity index is 172. The van der Waals surface area contributed by atoms with E-state index in [1.807, 2.05) is 6.92 Å². The lowest BCUT2D eigenvalue weighted by molar-refractivity contribution is -0.201. The van der Waals surface area contributed by atoms with Crippen molar-refractivity contribution in [2.45, 2.75) is 38.2 Å². The molecule has 13 heavy (non-hydrogen) atoms. The predicted molar refractivity (Wildman–Crippen MR) is 46.8 cm³/mol.